The van der Waals surface area contributed by atoms with Crippen LogP contribution in [-0.4, -0.2) is 18.1 Å². The first kappa shape index (κ1) is 18.8. The molecule has 1 amide bonds. The molecule has 0 aliphatic rings. The van der Waals surface area contributed by atoms with Crippen LogP contribution in [0.2, 0.25) is 0 Å². The molecule has 1 atom stereocenters. The SMILES string of the molecule is Cc1cc(C)cc(O[C@H](C)C(=O)NCc2cccc(OC(C)C)c2)c1. The first-order chi connectivity index (χ1) is 11.8. The molecule has 0 fully saturated rings. The van der Waals surface area contributed by atoms with E-state index in [1.807, 2.05) is 64.1 Å². The van der Waals surface area contributed by atoms with Gasteiger partial charge in [0, 0.05) is 6.54 Å². The number of hydrogen-bond acceptors (Lipinski definition) is 3. The van der Waals surface area contributed by atoms with Crippen LogP contribution in [0.1, 0.15) is 37.5 Å². The van der Waals surface area contributed by atoms with Crippen LogP contribution < -0.4 is 14.8 Å². The highest BCUT2D eigenvalue weighted by Crippen LogP contribution is 2.18. The van der Waals surface area contributed by atoms with E-state index < -0.39 is 6.10 Å². The van der Waals surface area contributed by atoms with Gasteiger partial charge >= 0.3 is 0 Å². The Labute approximate surface area is 150 Å². The molecule has 4 heteroatoms. The van der Waals surface area contributed by atoms with E-state index in [4.69, 9.17) is 9.47 Å². The highest BCUT2D eigenvalue weighted by molar-refractivity contribution is 5.80. The zero-order valence-corrected chi connectivity index (χ0v) is 15.6. The molecule has 0 aromatic heterocycles. The van der Waals surface area contributed by atoms with Crippen molar-refractivity contribution in [2.24, 2.45) is 0 Å². The average molecular weight is 341 g/mol. The van der Waals surface area contributed by atoms with Crippen molar-refractivity contribution in [2.45, 2.75) is 53.4 Å². The van der Waals surface area contributed by atoms with Crippen molar-refractivity contribution in [3.8, 4) is 11.5 Å². The van der Waals surface area contributed by atoms with Gasteiger partial charge in [-0.1, -0.05) is 18.2 Å². The van der Waals surface area contributed by atoms with Crippen molar-refractivity contribution in [3.05, 3.63) is 59.2 Å². The standard InChI is InChI=1S/C21H27NO3/c1-14(2)24-19-8-6-7-18(12-19)13-22-21(23)17(5)25-20-10-15(3)9-16(4)11-20/h6-12,14,17H,13H2,1-5H3,(H,22,23)/t17-/m1/s1. The maximum atomic E-state index is 12.3. The average Bonchev–Trinajstić information content (AvgIpc) is 2.51. The Morgan fingerprint density at radius 2 is 1.64 bits per heavy atom. The molecule has 0 aliphatic carbocycles. The van der Waals surface area contributed by atoms with Gasteiger partial charge in [-0.05, 0) is 75.6 Å². The fourth-order valence-electron chi connectivity index (χ4n) is 2.59. The lowest BCUT2D eigenvalue weighted by atomic mass is 10.1. The number of nitrogens with one attached hydrogen (secondary N) is 1. The number of hydrogen-bond donors (Lipinski definition) is 1. The summed E-state index contributed by atoms with van der Waals surface area (Å²) >= 11 is 0. The lowest BCUT2D eigenvalue weighted by molar-refractivity contribution is -0.127. The molecule has 2 aromatic rings. The summed E-state index contributed by atoms with van der Waals surface area (Å²) in [4.78, 5) is 12.3. The molecule has 0 heterocycles. The normalized spacial score (nSPS) is 11.9. The van der Waals surface area contributed by atoms with Crippen LogP contribution in [0.3, 0.4) is 0 Å². The predicted octanol–water partition coefficient (Wildman–Crippen LogP) is 4.17. The Bertz CT molecular complexity index is 705. The minimum Gasteiger partial charge on any atom is -0.491 e. The summed E-state index contributed by atoms with van der Waals surface area (Å²) < 4.78 is 11.4. The Kier molecular flexibility index (Phi) is 6.45. The molecule has 4 nitrogen and oxygen atoms in total. The third-order valence-electron chi connectivity index (χ3n) is 3.61. The molecule has 2 aromatic carbocycles. The van der Waals surface area contributed by atoms with Crippen molar-refractivity contribution in [1.82, 2.24) is 5.32 Å². The summed E-state index contributed by atoms with van der Waals surface area (Å²) in [6, 6.07) is 13.7. The molecule has 0 radical (unpaired) electrons. The molecule has 2 rings (SSSR count). The Morgan fingerprint density at radius 1 is 0.960 bits per heavy atom. The predicted molar refractivity (Wildman–Crippen MR) is 100 cm³/mol. The molecule has 0 spiro atoms. The fourth-order valence-corrected chi connectivity index (χ4v) is 2.59. The van der Waals surface area contributed by atoms with E-state index in [0.29, 0.717) is 12.3 Å². The van der Waals surface area contributed by atoms with Gasteiger partial charge in [-0.2, -0.15) is 0 Å². The van der Waals surface area contributed by atoms with Crippen LogP contribution in [0.25, 0.3) is 0 Å². The summed E-state index contributed by atoms with van der Waals surface area (Å²) in [6.07, 6.45) is -0.438. The largest absolute Gasteiger partial charge is 0.491 e. The molecule has 0 aliphatic heterocycles. The fraction of sp³-hybridized carbons (Fsp3) is 0.381. The van der Waals surface area contributed by atoms with Gasteiger partial charge in [-0.15, -0.1) is 0 Å². The van der Waals surface area contributed by atoms with Crippen LogP contribution in [0, 0.1) is 13.8 Å². The summed E-state index contributed by atoms with van der Waals surface area (Å²) in [5.74, 6) is 1.38. The van der Waals surface area contributed by atoms with E-state index in [-0.39, 0.29) is 12.0 Å². The van der Waals surface area contributed by atoms with Crippen LogP contribution >= 0.6 is 0 Å². The smallest absolute Gasteiger partial charge is 0.261 e. The minimum atomic E-state index is -0.559. The molecule has 0 bridgehead atoms. The summed E-state index contributed by atoms with van der Waals surface area (Å²) in [5, 5.41) is 2.91. The van der Waals surface area contributed by atoms with E-state index >= 15 is 0 Å². The molecular formula is C21H27NO3. The monoisotopic (exact) mass is 341 g/mol. The maximum Gasteiger partial charge on any atom is 0.261 e. The molecular weight excluding hydrogens is 314 g/mol. The van der Waals surface area contributed by atoms with E-state index in [9.17, 15) is 4.79 Å². The van der Waals surface area contributed by atoms with Crippen LogP contribution in [0.15, 0.2) is 42.5 Å². The molecule has 25 heavy (non-hydrogen) atoms. The van der Waals surface area contributed by atoms with Crippen molar-refractivity contribution in [2.75, 3.05) is 0 Å². The molecule has 0 saturated carbocycles. The van der Waals surface area contributed by atoms with Gasteiger partial charge in [0.05, 0.1) is 6.10 Å². The first-order valence-electron chi connectivity index (χ1n) is 8.62. The quantitative estimate of drug-likeness (QED) is 0.822. The van der Waals surface area contributed by atoms with Crippen molar-refractivity contribution < 1.29 is 14.3 Å². The maximum absolute atomic E-state index is 12.3. The van der Waals surface area contributed by atoms with E-state index in [2.05, 4.69) is 11.4 Å². The van der Waals surface area contributed by atoms with Crippen molar-refractivity contribution >= 4 is 5.91 Å². The number of carbonyl (C=O) groups excluding carboxylic acids is 1. The van der Waals surface area contributed by atoms with Crippen LogP contribution in [0.4, 0.5) is 0 Å². The summed E-state index contributed by atoms with van der Waals surface area (Å²) in [6.45, 7) is 10.2. The van der Waals surface area contributed by atoms with Gasteiger partial charge in [0.1, 0.15) is 11.5 Å². The van der Waals surface area contributed by atoms with Gasteiger partial charge in [0.25, 0.3) is 5.91 Å². The third-order valence-corrected chi connectivity index (χ3v) is 3.61. The van der Waals surface area contributed by atoms with E-state index in [1.54, 1.807) is 6.92 Å². The zero-order valence-electron chi connectivity index (χ0n) is 15.6. The zero-order chi connectivity index (χ0) is 18.4. The topological polar surface area (TPSA) is 47.6 Å². The van der Waals surface area contributed by atoms with Gasteiger partial charge in [-0.25, -0.2) is 0 Å². The second-order valence-electron chi connectivity index (χ2n) is 6.62. The number of benzene rings is 2. The summed E-state index contributed by atoms with van der Waals surface area (Å²) in [7, 11) is 0. The Hall–Kier alpha value is -2.49. The highest BCUT2D eigenvalue weighted by Gasteiger charge is 2.14. The van der Waals surface area contributed by atoms with Gasteiger partial charge in [0.15, 0.2) is 6.10 Å². The highest BCUT2D eigenvalue weighted by atomic mass is 16.5. The van der Waals surface area contributed by atoms with Crippen molar-refractivity contribution in [1.29, 1.82) is 0 Å². The third kappa shape index (κ3) is 6.14. The number of amides is 1. The molecule has 0 saturated heterocycles. The Morgan fingerprint density at radius 3 is 2.28 bits per heavy atom. The van der Waals surface area contributed by atoms with E-state index in [0.717, 1.165) is 22.4 Å². The Balaban J connectivity index is 1.91. The second kappa shape index (κ2) is 8.56. The number of rotatable bonds is 7. The number of carbonyl (C=O) groups is 1. The molecule has 0 unspecified atom stereocenters. The number of ether oxygens (including phenoxy) is 2. The number of aryl methyl sites for hydroxylation is 2. The van der Waals surface area contributed by atoms with Crippen molar-refractivity contribution in [3.63, 3.8) is 0 Å². The lowest BCUT2D eigenvalue weighted by Crippen LogP contribution is -2.35. The second-order valence-corrected chi connectivity index (χ2v) is 6.62. The first-order valence-corrected chi connectivity index (χ1v) is 8.62. The van der Waals surface area contributed by atoms with Gasteiger partial charge in [-0.3, -0.25) is 4.79 Å². The van der Waals surface area contributed by atoms with Gasteiger partial charge < -0.3 is 14.8 Å². The molecule has 1 N–H and O–H groups in total. The van der Waals surface area contributed by atoms with E-state index in [1.165, 1.54) is 0 Å². The van der Waals surface area contributed by atoms with Gasteiger partial charge in [0.2, 0.25) is 0 Å². The minimum absolute atomic E-state index is 0.121. The van der Waals surface area contributed by atoms with Crippen LogP contribution in [0.5, 0.6) is 11.5 Å². The summed E-state index contributed by atoms with van der Waals surface area (Å²) in [5.41, 5.74) is 3.22. The van der Waals surface area contributed by atoms with Crippen LogP contribution in [-0.2, 0) is 11.3 Å². The lowest BCUT2D eigenvalue weighted by Gasteiger charge is -2.16. The molecule has 134 valence electrons.